The van der Waals surface area contributed by atoms with Crippen molar-refractivity contribution in [2.24, 2.45) is 11.8 Å². The van der Waals surface area contributed by atoms with Crippen LogP contribution in [0.1, 0.15) is 45.7 Å². The van der Waals surface area contributed by atoms with Crippen LogP contribution in [0.15, 0.2) is 23.1 Å². The van der Waals surface area contributed by atoms with Crippen LogP contribution >= 0.6 is 11.8 Å². The lowest BCUT2D eigenvalue weighted by Gasteiger charge is -2.34. The molecule has 0 heterocycles. The average molecular weight is 250 g/mol. The summed E-state index contributed by atoms with van der Waals surface area (Å²) in [5.41, 5.74) is 2.72. The van der Waals surface area contributed by atoms with Crippen molar-refractivity contribution in [1.29, 1.82) is 0 Å². The van der Waals surface area contributed by atoms with Crippen molar-refractivity contribution in [3.05, 3.63) is 29.3 Å². The van der Waals surface area contributed by atoms with Crippen molar-refractivity contribution in [2.75, 3.05) is 0 Å². The molecule has 1 atom stereocenters. The van der Waals surface area contributed by atoms with Crippen LogP contribution in [0.4, 0.5) is 0 Å². The maximum Gasteiger partial charge on any atom is 0.0178 e. The van der Waals surface area contributed by atoms with Crippen molar-refractivity contribution in [2.45, 2.75) is 58.1 Å². The van der Waals surface area contributed by atoms with Crippen LogP contribution in [0.3, 0.4) is 0 Å². The minimum Gasteiger partial charge on any atom is -0.120 e. The summed E-state index contributed by atoms with van der Waals surface area (Å²) >= 11 is 2.01. The first-order valence-corrected chi connectivity index (χ1v) is 7.31. The molecular weight excluding hydrogens is 224 g/mol. The van der Waals surface area contributed by atoms with E-state index in [4.69, 9.17) is 0 Å². The quantitative estimate of drug-likeness (QED) is 0.639. The maximum atomic E-state index is 2.36. The number of rotatable bonds is 4. The predicted octanol–water partition coefficient (Wildman–Crippen LogP) is 5.47. The third kappa shape index (κ3) is 4.06. The fourth-order valence-electron chi connectivity index (χ4n) is 2.19. The van der Waals surface area contributed by atoms with Gasteiger partial charge in [-0.25, -0.2) is 0 Å². The summed E-state index contributed by atoms with van der Waals surface area (Å²) in [4.78, 5) is 1.40. The molecule has 0 amide bonds. The van der Waals surface area contributed by atoms with Gasteiger partial charge in [0.15, 0.2) is 0 Å². The van der Waals surface area contributed by atoms with Gasteiger partial charge in [0.05, 0.1) is 0 Å². The lowest BCUT2D eigenvalue weighted by atomic mass is 9.87. The Kier molecular flexibility index (Phi) is 4.71. The van der Waals surface area contributed by atoms with E-state index in [-0.39, 0.29) is 4.75 Å². The van der Waals surface area contributed by atoms with Crippen LogP contribution in [0.25, 0.3) is 0 Å². The number of thioether (sulfide) groups is 1. The summed E-state index contributed by atoms with van der Waals surface area (Å²) in [7, 11) is 0. The van der Waals surface area contributed by atoms with Crippen LogP contribution in [0, 0.1) is 25.7 Å². The molecule has 0 aliphatic heterocycles. The summed E-state index contributed by atoms with van der Waals surface area (Å²) in [6.07, 6.45) is 0. The second-order valence-electron chi connectivity index (χ2n) is 6.06. The van der Waals surface area contributed by atoms with E-state index < -0.39 is 0 Å². The lowest BCUT2D eigenvalue weighted by molar-refractivity contribution is 0.346. The topological polar surface area (TPSA) is 0 Å². The van der Waals surface area contributed by atoms with Gasteiger partial charge in [-0.2, -0.15) is 0 Å². The minimum absolute atomic E-state index is 0.286. The summed E-state index contributed by atoms with van der Waals surface area (Å²) < 4.78 is 0.286. The maximum absolute atomic E-state index is 2.36. The second kappa shape index (κ2) is 5.48. The van der Waals surface area contributed by atoms with Gasteiger partial charge in [-0.1, -0.05) is 40.7 Å². The molecule has 0 N–H and O–H groups in total. The largest absolute Gasteiger partial charge is 0.120 e. The minimum atomic E-state index is 0.286. The van der Waals surface area contributed by atoms with Gasteiger partial charge >= 0.3 is 0 Å². The molecule has 0 saturated carbocycles. The first-order chi connectivity index (χ1) is 7.72. The molecule has 0 saturated heterocycles. The summed E-state index contributed by atoms with van der Waals surface area (Å²) in [6, 6.07) is 6.84. The molecule has 1 unspecified atom stereocenters. The average Bonchev–Trinajstić information content (AvgIpc) is 2.13. The van der Waals surface area contributed by atoms with Crippen LogP contribution in [0.5, 0.6) is 0 Å². The van der Waals surface area contributed by atoms with Gasteiger partial charge in [0.2, 0.25) is 0 Å². The Hall–Kier alpha value is -0.430. The molecule has 0 spiro atoms. The molecule has 0 nitrogen and oxygen atoms in total. The molecule has 1 rings (SSSR count). The van der Waals surface area contributed by atoms with Gasteiger partial charge in [0.25, 0.3) is 0 Å². The zero-order valence-electron chi connectivity index (χ0n) is 12.3. The number of hydrogen-bond donors (Lipinski definition) is 0. The number of benzene rings is 1. The molecule has 0 aliphatic carbocycles. The molecular formula is C16H26S. The zero-order chi connectivity index (χ0) is 13.2. The third-order valence-electron chi connectivity index (χ3n) is 3.67. The van der Waals surface area contributed by atoms with Crippen molar-refractivity contribution < 1.29 is 0 Å². The molecule has 0 aliphatic rings. The number of hydrogen-bond acceptors (Lipinski definition) is 1. The highest BCUT2D eigenvalue weighted by molar-refractivity contribution is 8.00. The molecule has 0 aromatic heterocycles. The Morgan fingerprint density at radius 3 is 1.82 bits per heavy atom. The van der Waals surface area contributed by atoms with Gasteiger partial charge in [0.1, 0.15) is 0 Å². The van der Waals surface area contributed by atoms with Gasteiger partial charge in [-0.3, -0.25) is 0 Å². The van der Waals surface area contributed by atoms with Crippen LogP contribution < -0.4 is 0 Å². The Balaban J connectivity index is 2.89. The van der Waals surface area contributed by atoms with Crippen molar-refractivity contribution in [3.8, 4) is 0 Å². The molecule has 1 heteroatoms. The normalized spacial score (nSPS) is 14.1. The fraction of sp³-hybridized carbons (Fsp3) is 0.625. The second-order valence-corrected chi connectivity index (χ2v) is 7.79. The van der Waals surface area contributed by atoms with E-state index in [9.17, 15) is 0 Å². The van der Waals surface area contributed by atoms with Crippen LogP contribution in [-0.2, 0) is 0 Å². The van der Waals surface area contributed by atoms with Gasteiger partial charge in [-0.15, -0.1) is 11.8 Å². The zero-order valence-corrected chi connectivity index (χ0v) is 13.1. The molecule has 17 heavy (non-hydrogen) atoms. The van der Waals surface area contributed by atoms with Crippen LogP contribution in [0.2, 0.25) is 0 Å². The van der Waals surface area contributed by atoms with E-state index in [0.29, 0.717) is 5.92 Å². The standard InChI is InChI=1S/C16H26S/c1-11(2)14(5)16(6,7)17-15-9-12(3)8-13(4)10-15/h8-11,14H,1-7H3. The van der Waals surface area contributed by atoms with E-state index in [1.54, 1.807) is 0 Å². The Morgan fingerprint density at radius 2 is 1.41 bits per heavy atom. The van der Waals surface area contributed by atoms with E-state index >= 15 is 0 Å². The highest BCUT2D eigenvalue weighted by Crippen LogP contribution is 2.41. The molecule has 96 valence electrons. The molecule has 0 fully saturated rings. The van der Waals surface area contributed by atoms with Crippen molar-refractivity contribution in [3.63, 3.8) is 0 Å². The molecule has 1 aromatic carbocycles. The monoisotopic (exact) mass is 250 g/mol. The Bertz CT molecular complexity index is 357. The lowest BCUT2D eigenvalue weighted by Crippen LogP contribution is -2.29. The van der Waals surface area contributed by atoms with E-state index in [2.05, 4.69) is 66.7 Å². The Labute approximate surface area is 111 Å². The number of aryl methyl sites for hydroxylation is 2. The highest BCUT2D eigenvalue weighted by Gasteiger charge is 2.29. The van der Waals surface area contributed by atoms with E-state index in [0.717, 1.165) is 5.92 Å². The third-order valence-corrected chi connectivity index (χ3v) is 5.04. The van der Waals surface area contributed by atoms with Crippen molar-refractivity contribution >= 4 is 11.8 Å². The van der Waals surface area contributed by atoms with E-state index in [1.165, 1.54) is 16.0 Å². The van der Waals surface area contributed by atoms with E-state index in [1.807, 2.05) is 11.8 Å². The molecule has 1 aromatic rings. The van der Waals surface area contributed by atoms with Gasteiger partial charge < -0.3 is 0 Å². The first kappa shape index (κ1) is 14.6. The fourth-order valence-corrected chi connectivity index (χ4v) is 3.75. The van der Waals surface area contributed by atoms with Gasteiger partial charge in [-0.05, 0) is 48.9 Å². The molecule has 0 radical (unpaired) electrons. The first-order valence-electron chi connectivity index (χ1n) is 6.49. The van der Waals surface area contributed by atoms with Crippen LogP contribution in [-0.4, -0.2) is 4.75 Å². The highest BCUT2D eigenvalue weighted by atomic mass is 32.2. The van der Waals surface area contributed by atoms with Crippen molar-refractivity contribution in [1.82, 2.24) is 0 Å². The molecule has 0 bridgehead atoms. The summed E-state index contributed by atoms with van der Waals surface area (Å²) in [5, 5.41) is 0. The smallest absolute Gasteiger partial charge is 0.0178 e. The Morgan fingerprint density at radius 1 is 0.941 bits per heavy atom. The summed E-state index contributed by atoms with van der Waals surface area (Å²) in [5.74, 6) is 1.43. The van der Waals surface area contributed by atoms with Gasteiger partial charge in [0, 0.05) is 9.64 Å². The summed E-state index contributed by atoms with van der Waals surface area (Å²) in [6.45, 7) is 16.1. The SMILES string of the molecule is Cc1cc(C)cc(SC(C)(C)C(C)C(C)C)c1. The predicted molar refractivity (Wildman–Crippen MR) is 79.9 cm³/mol.